The second kappa shape index (κ2) is 50.4. The van der Waals surface area contributed by atoms with E-state index in [1.807, 2.05) is 0 Å². The summed E-state index contributed by atoms with van der Waals surface area (Å²) in [5.74, 6) is -0.0344. The van der Waals surface area contributed by atoms with E-state index >= 15 is 0 Å². The van der Waals surface area contributed by atoms with Gasteiger partial charge in [-0.3, -0.25) is 14.4 Å². The molecule has 0 aliphatic rings. The van der Waals surface area contributed by atoms with E-state index in [1.54, 1.807) is 0 Å². The van der Waals surface area contributed by atoms with Crippen molar-refractivity contribution >= 4 is 17.9 Å². The molecule has 0 amide bonds. The van der Waals surface area contributed by atoms with Crippen molar-refractivity contribution in [2.24, 2.45) is 5.92 Å². The number of rotatable bonds is 51. The predicted molar refractivity (Wildman–Crippen MR) is 266 cm³/mol. The Kier molecular flexibility index (Phi) is 49.1. The number of carbonyl (C=O) groups excluding carboxylic acids is 3. The molecule has 0 fully saturated rings. The molecule has 0 saturated heterocycles. The van der Waals surface area contributed by atoms with Gasteiger partial charge in [0.25, 0.3) is 0 Å². The van der Waals surface area contributed by atoms with Crippen LogP contribution in [-0.2, 0) is 28.6 Å². The summed E-state index contributed by atoms with van der Waals surface area (Å²) in [4.78, 5) is 38.0. The molecule has 0 aromatic heterocycles. The Labute approximate surface area is 387 Å². The summed E-state index contributed by atoms with van der Waals surface area (Å²) in [6, 6.07) is 0. The van der Waals surface area contributed by atoms with Gasteiger partial charge in [-0.25, -0.2) is 0 Å². The fraction of sp³-hybridized carbons (Fsp3) is 0.946. The van der Waals surface area contributed by atoms with Crippen LogP contribution in [0.4, 0.5) is 0 Å². The monoisotopic (exact) mass is 877 g/mol. The molecule has 0 unspecified atom stereocenters. The van der Waals surface area contributed by atoms with Crippen molar-refractivity contribution in [2.75, 3.05) is 13.2 Å². The van der Waals surface area contributed by atoms with Gasteiger partial charge in [0.05, 0.1) is 0 Å². The highest BCUT2D eigenvalue weighted by Crippen LogP contribution is 2.18. The third-order valence-electron chi connectivity index (χ3n) is 12.8. The van der Waals surface area contributed by atoms with Gasteiger partial charge in [0, 0.05) is 19.3 Å². The van der Waals surface area contributed by atoms with Gasteiger partial charge >= 0.3 is 17.9 Å². The average molecular weight is 877 g/mol. The highest BCUT2D eigenvalue weighted by molar-refractivity contribution is 5.71. The summed E-state index contributed by atoms with van der Waals surface area (Å²) in [5, 5.41) is 0. The Morgan fingerprint density at radius 2 is 0.532 bits per heavy atom. The van der Waals surface area contributed by atoms with E-state index in [-0.39, 0.29) is 31.1 Å². The molecule has 368 valence electrons. The number of hydrogen-bond acceptors (Lipinski definition) is 6. The van der Waals surface area contributed by atoms with Gasteiger partial charge in [0.1, 0.15) is 13.2 Å². The summed E-state index contributed by atoms with van der Waals surface area (Å²) >= 11 is 0. The topological polar surface area (TPSA) is 78.9 Å². The van der Waals surface area contributed by atoms with Crippen LogP contribution in [0.1, 0.15) is 317 Å². The number of carbonyl (C=O) groups is 3. The summed E-state index contributed by atoms with van der Waals surface area (Å²) in [6.45, 7) is 9.02. The first-order chi connectivity index (χ1) is 30.4. The minimum Gasteiger partial charge on any atom is -0.462 e. The molecule has 0 aliphatic heterocycles. The maximum atomic E-state index is 12.8. The second-order valence-corrected chi connectivity index (χ2v) is 19.7. The zero-order valence-corrected chi connectivity index (χ0v) is 42.3. The minimum atomic E-state index is -0.761. The summed E-state index contributed by atoms with van der Waals surface area (Å²) < 4.78 is 16.9. The van der Waals surface area contributed by atoms with Crippen molar-refractivity contribution in [3.63, 3.8) is 0 Å². The van der Waals surface area contributed by atoms with E-state index in [4.69, 9.17) is 14.2 Å². The maximum absolute atomic E-state index is 12.8. The normalized spacial score (nSPS) is 12.0. The van der Waals surface area contributed by atoms with Crippen molar-refractivity contribution < 1.29 is 28.6 Å². The molecule has 6 heteroatoms. The standard InChI is InChI=1S/C56H108O6/c1-5-7-9-11-13-15-17-19-21-22-23-24-26-28-32-36-40-44-48-55(58)61-51-53(62-56(59)49-45-41-37-33-29-30-34-38-42-46-52(3)4)50-60-54(57)47-43-39-35-31-27-25-20-18-16-14-12-10-8-6-2/h52-53H,5-51H2,1-4H3/t53-/m1/s1. The zero-order valence-electron chi connectivity index (χ0n) is 42.3. The Balaban J connectivity index is 4.26. The number of hydrogen-bond donors (Lipinski definition) is 0. The van der Waals surface area contributed by atoms with Crippen molar-refractivity contribution in [2.45, 2.75) is 323 Å². The number of unbranched alkanes of at least 4 members (excludes halogenated alkanes) is 38. The Morgan fingerprint density at radius 1 is 0.306 bits per heavy atom. The zero-order chi connectivity index (χ0) is 45.2. The molecule has 6 nitrogen and oxygen atoms in total. The summed E-state index contributed by atoms with van der Waals surface area (Å²) in [5.41, 5.74) is 0. The van der Waals surface area contributed by atoms with Gasteiger partial charge < -0.3 is 14.2 Å². The molecular formula is C56H108O6. The molecule has 0 aromatic rings. The van der Waals surface area contributed by atoms with Crippen LogP contribution in [0.25, 0.3) is 0 Å². The van der Waals surface area contributed by atoms with Gasteiger partial charge in [0.15, 0.2) is 6.10 Å². The molecule has 0 aromatic carbocycles. The summed E-state index contributed by atoms with van der Waals surface area (Å²) in [7, 11) is 0. The molecule has 0 radical (unpaired) electrons. The third kappa shape index (κ3) is 49.4. The number of esters is 3. The molecule has 0 rings (SSSR count). The first-order valence-electron chi connectivity index (χ1n) is 27.9. The van der Waals surface area contributed by atoms with Crippen LogP contribution in [0, 0.1) is 5.92 Å². The molecule has 1 atom stereocenters. The highest BCUT2D eigenvalue weighted by atomic mass is 16.6. The fourth-order valence-corrected chi connectivity index (χ4v) is 8.57. The lowest BCUT2D eigenvalue weighted by Gasteiger charge is -2.18. The van der Waals surface area contributed by atoms with E-state index in [2.05, 4.69) is 27.7 Å². The van der Waals surface area contributed by atoms with Crippen LogP contribution in [0.3, 0.4) is 0 Å². The van der Waals surface area contributed by atoms with Gasteiger partial charge in [-0.2, -0.15) is 0 Å². The fourth-order valence-electron chi connectivity index (χ4n) is 8.57. The van der Waals surface area contributed by atoms with E-state index in [9.17, 15) is 14.4 Å². The van der Waals surface area contributed by atoms with E-state index < -0.39 is 6.10 Å². The molecule has 0 bridgehead atoms. The van der Waals surface area contributed by atoms with Crippen LogP contribution in [0.2, 0.25) is 0 Å². The Morgan fingerprint density at radius 3 is 0.790 bits per heavy atom. The lowest BCUT2D eigenvalue weighted by Crippen LogP contribution is -2.30. The van der Waals surface area contributed by atoms with Gasteiger partial charge in [-0.1, -0.05) is 278 Å². The third-order valence-corrected chi connectivity index (χ3v) is 12.8. The van der Waals surface area contributed by atoms with Crippen LogP contribution in [0.5, 0.6) is 0 Å². The van der Waals surface area contributed by atoms with Gasteiger partial charge in [-0.05, 0) is 25.2 Å². The smallest absolute Gasteiger partial charge is 0.306 e. The molecular weight excluding hydrogens is 769 g/mol. The van der Waals surface area contributed by atoms with Crippen LogP contribution >= 0.6 is 0 Å². The molecule has 0 heterocycles. The van der Waals surface area contributed by atoms with Crippen molar-refractivity contribution in [1.82, 2.24) is 0 Å². The lowest BCUT2D eigenvalue weighted by atomic mass is 10.0. The van der Waals surface area contributed by atoms with Crippen molar-refractivity contribution in [3.8, 4) is 0 Å². The van der Waals surface area contributed by atoms with E-state index in [0.29, 0.717) is 19.3 Å². The lowest BCUT2D eigenvalue weighted by molar-refractivity contribution is -0.167. The second-order valence-electron chi connectivity index (χ2n) is 19.7. The van der Waals surface area contributed by atoms with Gasteiger partial charge in [0.2, 0.25) is 0 Å². The maximum Gasteiger partial charge on any atom is 0.306 e. The molecule has 0 saturated carbocycles. The van der Waals surface area contributed by atoms with Crippen LogP contribution < -0.4 is 0 Å². The predicted octanol–water partition coefficient (Wildman–Crippen LogP) is 18.2. The first-order valence-corrected chi connectivity index (χ1v) is 27.9. The summed E-state index contributed by atoms with van der Waals surface area (Å²) in [6.07, 6.45) is 53.8. The highest BCUT2D eigenvalue weighted by Gasteiger charge is 2.19. The molecule has 0 aliphatic carbocycles. The van der Waals surface area contributed by atoms with Crippen molar-refractivity contribution in [1.29, 1.82) is 0 Å². The van der Waals surface area contributed by atoms with Gasteiger partial charge in [-0.15, -0.1) is 0 Å². The van der Waals surface area contributed by atoms with E-state index in [0.717, 1.165) is 63.7 Å². The minimum absolute atomic E-state index is 0.0626. The largest absolute Gasteiger partial charge is 0.462 e. The Bertz CT molecular complexity index is 933. The van der Waals surface area contributed by atoms with Crippen LogP contribution in [-0.4, -0.2) is 37.2 Å². The number of ether oxygens (including phenoxy) is 3. The average Bonchev–Trinajstić information content (AvgIpc) is 3.26. The van der Waals surface area contributed by atoms with E-state index in [1.165, 1.54) is 212 Å². The SMILES string of the molecule is CCCCCCCCCCCCCCCCCCCCC(=O)OC[C@@H](COC(=O)CCCCCCCCCCCCCCCC)OC(=O)CCCCCCCCCCCC(C)C. The van der Waals surface area contributed by atoms with Crippen molar-refractivity contribution in [3.05, 3.63) is 0 Å². The molecule has 62 heavy (non-hydrogen) atoms. The Hall–Kier alpha value is -1.59. The van der Waals surface area contributed by atoms with Crippen LogP contribution in [0.15, 0.2) is 0 Å². The molecule has 0 N–H and O–H groups in total. The first kappa shape index (κ1) is 60.4. The molecule has 0 spiro atoms. The quantitative estimate of drug-likeness (QED) is 0.0344.